The molecule has 4 heteroatoms. The van der Waals surface area contributed by atoms with Crippen molar-refractivity contribution in [3.63, 3.8) is 0 Å². The highest BCUT2D eigenvalue weighted by Gasteiger charge is 2.24. The number of benzene rings is 1. The van der Waals surface area contributed by atoms with Crippen LogP contribution in [-0.2, 0) is 16.0 Å². The Labute approximate surface area is 119 Å². The number of hydrogen-bond acceptors (Lipinski definition) is 3. The van der Waals surface area contributed by atoms with Crippen molar-refractivity contribution in [2.45, 2.75) is 38.8 Å². The summed E-state index contributed by atoms with van der Waals surface area (Å²) in [4.78, 5) is 15.4. The van der Waals surface area contributed by atoms with Gasteiger partial charge in [0.15, 0.2) is 0 Å². The maximum absolute atomic E-state index is 12.2. The molecule has 0 amide bonds. The second-order valence-corrected chi connectivity index (χ2v) is 5.94. The molecule has 1 unspecified atom stereocenters. The zero-order valence-electron chi connectivity index (χ0n) is 12.5. The second kappa shape index (κ2) is 5.67. The molecule has 0 fully saturated rings. The fourth-order valence-corrected chi connectivity index (χ4v) is 2.20. The van der Waals surface area contributed by atoms with Crippen molar-refractivity contribution in [1.82, 2.24) is 10.3 Å². The second-order valence-electron chi connectivity index (χ2n) is 5.94. The van der Waals surface area contributed by atoms with E-state index in [4.69, 9.17) is 4.74 Å². The quantitative estimate of drug-likeness (QED) is 0.843. The lowest BCUT2D eigenvalue weighted by molar-refractivity contribution is -0.157. The van der Waals surface area contributed by atoms with Gasteiger partial charge < -0.3 is 15.0 Å². The molecule has 0 aliphatic heterocycles. The normalized spacial score (nSPS) is 13.4. The monoisotopic (exact) mass is 274 g/mol. The van der Waals surface area contributed by atoms with Crippen LogP contribution in [0.2, 0.25) is 0 Å². The predicted octanol–water partition coefficient (Wildman–Crippen LogP) is 2.64. The number of carbonyl (C=O) groups is 1. The van der Waals surface area contributed by atoms with E-state index in [9.17, 15) is 4.79 Å². The van der Waals surface area contributed by atoms with Crippen molar-refractivity contribution in [1.29, 1.82) is 0 Å². The van der Waals surface area contributed by atoms with E-state index in [2.05, 4.69) is 16.4 Å². The van der Waals surface area contributed by atoms with Crippen LogP contribution in [0.4, 0.5) is 0 Å². The van der Waals surface area contributed by atoms with Crippen LogP contribution in [0.3, 0.4) is 0 Å². The Balaban J connectivity index is 2.16. The molecule has 1 aromatic heterocycles. The molecule has 1 aromatic carbocycles. The van der Waals surface area contributed by atoms with Gasteiger partial charge in [0, 0.05) is 23.5 Å². The number of esters is 1. The topological polar surface area (TPSA) is 54.1 Å². The molecule has 0 saturated carbocycles. The summed E-state index contributed by atoms with van der Waals surface area (Å²) in [6, 6.07) is 7.74. The van der Waals surface area contributed by atoms with Gasteiger partial charge in [-0.2, -0.15) is 0 Å². The molecule has 1 heterocycles. The molecule has 0 aliphatic rings. The molecule has 1 atom stereocenters. The van der Waals surface area contributed by atoms with Crippen LogP contribution < -0.4 is 5.32 Å². The number of fused-ring (bicyclic) bond motifs is 1. The first-order valence-corrected chi connectivity index (χ1v) is 6.86. The van der Waals surface area contributed by atoms with E-state index in [-0.39, 0.29) is 12.0 Å². The molecule has 108 valence electrons. The molecule has 2 N–H and O–H groups in total. The minimum atomic E-state index is -0.466. The molecule has 0 saturated heterocycles. The van der Waals surface area contributed by atoms with E-state index < -0.39 is 5.60 Å². The van der Waals surface area contributed by atoms with Crippen LogP contribution in [0, 0.1) is 0 Å². The third-order valence-electron chi connectivity index (χ3n) is 3.14. The van der Waals surface area contributed by atoms with Gasteiger partial charge in [0.25, 0.3) is 0 Å². The van der Waals surface area contributed by atoms with Gasteiger partial charge in [-0.3, -0.25) is 4.79 Å². The number of nitrogens with one attached hydrogen (secondary N) is 2. The Bertz CT molecular complexity index is 596. The first-order valence-electron chi connectivity index (χ1n) is 6.86. The first-order chi connectivity index (χ1) is 9.40. The van der Waals surface area contributed by atoms with E-state index in [1.807, 2.05) is 45.2 Å². The number of carbonyl (C=O) groups excluding carboxylic acids is 1. The van der Waals surface area contributed by atoms with Gasteiger partial charge in [-0.25, -0.2) is 0 Å². The fourth-order valence-electron chi connectivity index (χ4n) is 2.20. The number of likely N-dealkylation sites (N-methyl/N-ethyl adjacent to an activating group) is 1. The van der Waals surface area contributed by atoms with Crippen LogP contribution in [0.15, 0.2) is 30.5 Å². The Morgan fingerprint density at radius 2 is 2.05 bits per heavy atom. The van der Waals surface area contributed by atoms with Crippen LogP contribution in [-0.4, -0.2) is 29.6 Å². The maximum atomic E-state index is 12.2. The molecule has 0 aliphatic carbocycles. The van der Waals surface area contributed by atoms with Gasteiger partial charge in [-0.1, -0.05) is 18.2 Å². The number of aromatic amines is 1. The number of ether oxygens (including phenoxy) is 1. The highest BCUT2D eigenvalue weighted by molar-refractivity contribution is 5.84. The van der Waals surface area contributed by atoms with Gasteiger partial charge in [0.05, 0.1) is 0 Å². The number of para-hydroxylation sites is 1. The third kappa shape index (κ3) is 3.39. The molecule has 0 spiro atoms. The largest absolute Gasteiger partial charge is 0.459 e. The lowest BCUT2D eigenvalue weighted by Crippen LogP contribution is -2.40. The van der Waals surface area contributed by atoms with Crippen molar-refractivity contribution in [3.05, 3.63) is 36.0 Å². The minimum Gasteiger partial charge on any atom is -0.459 e. The van der Waals surface area contributed by atoms with Gasteiger partial charge >= 0.3 is 5.97 Å². The molecule has 2 rings (SSSR count). The summed E-state index contributed by atoms with van der Waals surface area (Å²) in [7, 11) is 1.78. The smallest absolute Gasteiger partial charge is 0.323 e. The van der Waals surface area contributed by atoms with E-state index in [0.29, 0.717) is 6.42 Å². The van der Waals surface area contributed by atoms with E-state index in [0.717, 1.165) is 16.5 Å². The molecule has 0 radical (unpaired) electrons. The van der Waals surface area contributed by atoms with Gasteiger partial charge in [-0.05, 0) is 39.4 Å². The fraction of sp³-hybridized carbons (Fsp3) is 0.438. The lowest BCUT2D eigenvalue weighted by atomic mass is 10.0. The number of rotatable bonds is 4. The molecular weight excluding hydrogens is 252 g/mol. The van der Waals surface area contributed by atoms with Crippen molar-refractivity contribution in [2.24, 2.45) is 0 Å². The molecule has 0 bridgehead atoms. The average molecular weight is 274 g/mol. The summed E-state index contributed by atoms with van der Waals surface area (Å²) < 4.78 is 5.44. The molecule has 2 aromatic rings. The summed E-state index contributed by atoms with van der Waals surface area (Å²) in [5.41, 5.74) is 1.74. The number of hydrogen-bond donors (Lipinski definition) is 2. The summed E-state index contributed by atoms with van der Waals surface area (Å²) in [6.45, 7) is 5.63. The van der Waals surface area contributed by atoms with Crippen LogP contribution in [0.25, 0.3) is 10.9 Å². The Hall–Kier alpha value is -1.81. The van der Waals surface area contributed by atoms with Gasteiger partial charge in [-0.15, -0.1) is 0 Å². The maximum Gasteiger partial charge on any atom is 0.323 e. The summed E-state index contributed by atoms with van der Waals surface area (Å²) in [5, 5.41) is 4.19. The zero-order chi connectivity index (χ0) is 14.8. The van der Waals surface area contributed by atoms with Crippen LogP contribution in [0.1, 0.15) is 26.3 Å². The van der Waals surface area contributed by atoms with E-state index in [1.165, 1.54) is 0 Å². The zero-order valence-corrected chi connectivity index (χ0v) is 12.5. The highest BCUT2D eigenvalue weighted by Crippen LogP contribution is 2.20. The molecule has 4 nitrogen and oxygen atoms in total. The first kappa shape index (κ1) is 14.6. The SMILES string of the molecule is CNC(Cc1c[nH]c2ccccc12)C(=O)OC(C)(C)C. The van der Waals surface area contributed by atoms with Gasteiger partial charge in [0.2, 0.25) is 0 Å². The summed E-state index contributed by atoms with van der Waals surface area (Å²) >= 11 is 0. The number of aromatic nitrogens is 1. The molecular formula is C16H22N2O2. The summed E-state index contributed by atoms with van der Waals surface area (Å²) in [5.74, 6) is -0.217. The van der Waals surface area contributed by atoms with Crippen molar-refractivity contribution < 1.29 is 9.53 Å². The Morgan fingerprint density at radius 3 is 2.70 bits per heavy atom. The highest BCUT2D eigenvalue weighted by atomic mass is 16.6. The number of H-pyrrole nitrogens is 1. The van der Waals surface area contributed by atoms with E-state index in [1.54, 1.807) is 7.05 Å². The Morgan fingerprint density at radius 1 is 1.35 bits per heavy atom. The van der Waals surface area contributed by atoms with Crippen LogP contribution >= 0.6 is 0 Å². The lowest BCUT2D eigenvalue weighted by Gasteiger charge is -2.23. The van der Waals surface area contributed by atoms with Crippen molar-refractivity contribution >= 4 is 16.9 Å². The molecule has 20 heavy (non-hydrogen) atoms. The van der Waals surface area contributed by atoms with Crippen molar-refractivity contribution in [3.8, 4) is 0 Å². The third-order valence-corrected chi connectivity index (χ3v) is 3.14. The average Bonchev–Trinajstić information content (AvgIpc) is 2.77. The van der Waals surface area contributed by atoms with Gasteiger partial charge in [0.1, 0.15) is 11.6 Å². The Kier molecular flexibility index (Phi) is 4.14. The summed E-state index contributed by atoms with van der Waals surface area (Å²) in [6.07, 6.45) is 2.56. The standard InChI is InChI=1S/C16H22N2O2/c1-16(2,3)20-15(19)14(17-4)9-11-10-18-13-8-6-5-7-12(11)13/h5-8,10,14,17-18H,9H2,1-4H3. The van der Waals surface area contributed by atoms with Crippen molar-refractivity contribution in [2.75, 3.05) is 7.05 Å². The van der Waals surface area contributed by atoms with Crippen LogP contribution in [0.5, 0.6) is 0 Å². The van der Waals surface area contributed by atoms with E-state index >= 15 is 0 Å². The predicted molar refractivity (Wildman–Crippen MR) is 80.7 cm³/mol. The minimum absolute atomic E-state index is 0.217.